The van der Waals surface area contributed by atoms with Gasteiger partial charge in [-0.25, -0.2) is 0 Å². The third-order valence-electron chi connectivity index (χ3n) is 7.46. The van der Waals surface area contributed by atoms with Crippen LogP contribution in [0.3, 0.4) is 0 Å². The van der Waals surface area contributed by atoms with Crippen LogP contribution >= 0.6 is 0 Å². The van der Waals surface area contributed by atoms with E-state index in [4.69, 9.17) is 14.2 Å². The average Bonchev–Trinajstić information content (AvgIpc) is 3.01. The van der Waals surface area contributed by atoms with E-state index in [1.807, 2.05) is 13.8 Å². The molecule has 8 unspecified atom stereocenters. The molecule has 0 aromatic heterocycles. The van der Waals surface area contributed by atoms with Gasteiger partial charge in [0.1, 0.15) is 23.6 Å². The Labute approximate surface area is 179 Å². The summed E-state index contributed by atoms with van der Waals surface area (Å²) in [5, 5.41) is 0. The second-order valence-corrected chi connectivity index (χ2v) is 10.0. The minimum absolute atomic E-state index is 0.0382. The third-order valence-corrected chi connectivity index (χ3v) is 7.46. The van der Waals surface area contributed by atoms with Crippen molar-refractivity contribution in [1.82, 2.24) is 0 Å². The minimum atomic E-state index is -0.884. The average molecular weight is 421 g/mol. The van der Waals surface area contributed by atoms with E-state index in [0.29, 0.717) is 31.6 Å². The molecule has 8 atom stereocenters. The van der Waals surface area contributed by atoms with Gasteiger partial charge in [0.05, 0.1) is 6.10 Å². The van der Waals surface area contributed by atoms with Crippen LogP contribution in [0.15, 0.2) is 12.2 Å². The number of carbonyl (C=O) groups excluding carboxylic acids is 3. The lowest BCUT2D eigenvalue weighted by Crippen LogP contribution is -2.52. The van der Waals surface area contributed by atoms with Crippen molar-refractivity contribution in [2.24, 2.45) is 29.6 Å². The van der Waals surface area contributed by atoms with E-state index in [1.54, 1.807) is 0 Å². The molecule has 0 amide bonds. The van der Waals surface area contributed by atoms with Crippen LogP contribution in [-0.2, 0) is 28.6 Å². The SMILES string of the molecule is C=C1C(OC(C)=O)CC(C(C)C)C2C1C1CC(C)C(=O)CCC(C)(OC(C)=O)C2O1. The number of esters is 2. The first-order valence-electron chi connectivity index (χ1n) is 11.2. The molecule has 2 heterocycles. The predicted molar refractivity (Wildman–Crippen MR) is 111 cm³/mol. The lowest BCUT2D eigenvalue weighted by atomic mass is 9.60. The molecule has 3 fully saturated rings. The summed E-state index contributed by atoms with van der Waals surface area (Å²) >= 11 is 0. The van der Waals surface area contributed by atoms with Gasteiger partial charge in [0.15, 0.2) is 0 Å². The molecule has 168 valence electrons. The molecule has 2 bridgehead atoms. The molecule has 1 saturated carbocycles. The van der Waals surface area contributed by atoms with Crippen molar-refractivity contribution < 1.29 is 28.6 Å². The summed E-state index contributed by atoms with van der Waals surface area (Å²) in [6.07, 6.45) is 1.22. The molecule has 6 nitrogen and oxygen atoms in total. The smallest absolute Gasteiger partial charge is 0.303 e. The highest BCUT2D eigenvalue weighted by molar-refractivity contribution is 5.81. The van der Waals surface area contributed by atoms with Crippen LogP contribution in [0.2, 0.25) is 0 Å². The molecule has 0 aromatic rings. The van der Waals surface area contributed by atoms with Crippen LogP contribution in [0.4, 0.5) is 0 Å². The number of ketones is 1. The normalized spacial score (nSPS) is 41.5. The van der Waals surface area contributed by atoms with E-state index in [0.717, 1.165) is 5.57 Å². The van der Waals surface area contributed by atoms with Gasteiger partial charge in [-0.3, -0.25) is 14.4 Å². The fraction of sp³-hybridized carbons (Fsp3) is 0.792. The van der Waals surface area contributed by atoms with Gasteiger partial charge in [-0.05, 0) is 43.6 Å². The van der Waals surface area contributed by atoms with Gasteiger partial charge in [-0.2, -0.15) is 0 Å². The number of hydrogen-bond donors (Lipinski definition) is 0. The summed E-state index contributed by atoms with van der Waals surface area (Å²) in [7, 11) is 0. The molecule has 1 aliphatic carbocycles. The number of ether oxygens (including phenoxy) is 3. The third kappa shape index (κ3) is 4.20. The number of rotatable bonds is 3. The Morgan fingerprint density at radius 1 is 1.20 bits per heavy atom. The van der Waals surface area contributed by atoms with Gasteiger partial charge < -0.3 is 14.2 Å². The molecule has 30 heavy (non-hydrogen) atoms. The fourth-order valence-electron chi connectivity index (χ4n) is 6.02. The van der Waals surface area contributed by atoms with Crippen molar-refractivity contribution in [3.8, 4) is 0 Å². The molecule has 0 N–H and O–H groups in total. The first-order chi connectivity index (χ1) is 13.9. The zero-order valence-electron chi connectivity index (χ0n) is 19.1. The largest absolute Gasteiger partial charge is 0.458 e. The maximum Gasteiger partial charge on any atom is 0.303 e. The minimum Gasteiger partial charge on any atom is -0.458 e. The fourth-order valence-corrected chi connectivity index (χ4v) is 6.02. The zero-order valence-corrected chi connectivity index (χ0v) is 19.1. The first kappa shape index (κ1) is 23.0. The van der Waals surface area contributed by atoms with Crippen molar-refractivity contribution in [3.63, 3.8) is 0 Å². The second-order valence-electron chi connectivity index (χ2n) is 10.0. The van der Waals surface area contributed by atoms with Gasteiger partial charge in [-0.15, -0.1) is 0 Å². The van der Waals surface area contributed by atoms with Crippen LogP contribution in [0.1, 0.15) is 67.2 Å². The van der Waals surface area contributed by atoms with E-state index in [-0.39, 0.29) is 59.7 Å². The van der Waals surface area contributed by atoms with Crippen molar-refractivity contribution in [1.29, 1.82) is 0 Å². The Bertz CT molecular complexity index is 727. The molecule has 2 saturated heterocycles. The monoisotopic (exact) mass is 420 g/mol. The number of fused-ring (bicyclic) bond motifs is 5. The summed E-state index contributed by atoms with van der Waals surface area (Å²) < 4.78 is 18.1. The van der Waals surface area contributed by atoms with Crippen LogP contribution in [0, 0.1) is 29.6 Å². The van der Waals surface area contributed by atoms with Gasteiger partial charge in [-0.1, -0.05) is 27.4 Å². The molecule has 0 spiro atoms. The second kappa shape index (κ2) is 8.45. The molecule has 0 radical (unpaired) electrons. The molecule has 6 heteroatoms. The number of Topliss-reactive ketones (excluding diaryl/α,β-unsaturated/α-hetero) is 1. The topological polar surface area (TPSA) is 78.9 Å². The van der Waals surface area contributed by atoms with E-state index in [9.17, 15) is 14.4 Å². The maximum absolute atomic E-state index is 12.7. The molecule has 0 aromatic carbocycles. The van der Waals surface area contributed by atoms with Gasteiger partial charge in [0.2, 0.25) is 0 Å². The van der Waals surface area contributed by atoms with E-state index in [1.165, 1.54) is 13.8 Å². The summed E-state index contributed by atoms with van der Waals surface area (Å²) in [6, 6.07) is 0. The highest BCUT2D eigenvalue weighted by atomic mass is 16.6. The lowest BCUT2D eigenvalue weighted by Gasteiger charge is -2.46. The Morgan fingerprint density at radius 2 is 1.87 bits per heavy atom. The number of hydrogen-bond acceptors (Lipinski definition) is 6. The zero-order chi connectivity index (χ0) is 22.4. The first-order valence-corrected chi connectivity index (χ1v) is 11.2. The van der Waals surface area contributed by atoms with Crippen molar-refractivity contribution >= 4 is 17.7 Å². The maximum atomic E-state index is 12.7. The highest BCUT2D eigenvalue weighted by Gasteiger charge is 2.60. The standard InChI is InChI=1S/C24H36O6/c1-12(2)17-11-19(28-15(5)25)14(4)21-20-10-13(3)18(27)8-9-24(7,30-16(6)26)23(29-20)22(17)21/h12-13,17,19-23H,4,8-11H2,1-3,5-7H3. The van der Waals surface area contributed by atoms with Gasteiger partial charge in [0.25, 0.3) is 0 Å². The quantitative estimate of drug-likeness (QED) is 0.510. The predicted octanol–water partition coefficient (Wildman–Crippen LogP) is 3.86. The summed E-state index contributed by atoms with van der Waals surface area (Å²) in [6.45, 7) is 15.4. The van der Waals surface area contributed by atoms with E-state index >= 15 is 0 Å². The molecule has 2 aliphatic heterocycles. The van der Waals surface area contributed by atoms with Crippen LogP contribution < -0.4 is 0 Å². The molecule has 3 rings (SSSR count). The lowest BCUT2D eigenvalue weighted by molar-refractivity contribution is -0.180. The highest BCUT2D eigenvalue weighted by Crippen LogP contribution is 2.56. The number of carbonyl (C=O) groups is 3. The van der Waals surface area contributed by atoms with Gasteiger partial charge in [0, 0.05) is 38.0 Å². The Balaban J connectivity index is 2.07. The van der Waals surface area contributed by atoms with Gasteiger partial charge >= 0.3 is 11.9 Å². The molecule has 3 aliphatic rings. The Morgan fingerprint density at radius 3 is 2.43 bits per heavy atom. The Kier molecular flexibility index (Phi) is 6.47. The Hall–Kier alpha value is -1.69. The van der Waals surface area contributed by atoms with Crippen LogP contribution in [-0.4, -0.2) is 41.6 Å². The van der Waals surface area contributed by atoms with Crippen molar-refractivity contribution in [2.45, 2.75) is 91.1 Å². The summed E-state index contributed by atoms with van der Waals surface area (Å²) in [5.41, 5.74) is -0.0183. The molecular formula is C24H36O6. The molecular weight excluding hydrogens is 384 g/mol. The van der Waals surface area contributed by atoms with E-state index in [2.05, 4.69) is 20.4 Å². The summed E-state index contributed by atoms with van der Waals surface area (Å²) in [5.74, 6) is -0.0501. The van der Waals surface area contributed by atoms with Crippen molar-refractivity contribution in [3.05, 3.63) is 12.2 Å². The van der Waals surface area contributed by atoms with Crippen molar-refractivity contribution in [2.75, 3.05) is 0 Å². The summed E-state index contributed by atoms with van der Waals surface area (Å²) in [4.78, 5) is 36.4. The van der Waals surface area contributed by atoms with Crippen LogP contribution in [0.25, 0.3) is 0 Å². The van der Waals surface area contributed by atoms with E-state index < -0.39 is 5.60 Å². The van der Waals surface area contributed by atoms with Crippen LogP contribution in [0.5, 0.6) is 0 Å².